The normalized spacial score (nSPS) is 12.7. The van der Waals surface area contributed by atoms with Gasteiger partial charge in [0.25, 0.3) is 0 Å². The van der Waals surface area contributed by atoms with Crippen LogP contribution in [0.2, 0.25) is 0 Å². The molecule has 0 fully saturated rings. The van der Waals surface area contributed by atoms with E-state index < -0.39 is 12.1 Å². The van der Waals surface area contributed by atoms with Crippen molar-refractivity contribution in [3.8, 4) is 0 Å². The van der Waals surface area contributed by atoms with Crippen molar-refractivity contribution >= 4 is 11.9 Å². The van der Waals surface area contributed by atoms with E-state index >= 15 is 0 Å². The fourth-order valence-electron chi connectivity index (χ4n) is 12.1. The fraction of sp³-hybridized carbons (Fsp3) is 0.875. The number of unbranched alkanes of at least 4 members (excludes halogenated alkanes) is 56. The maximum atomic E-state index is 12.5. The van der Waals surface area contributed by atoms with Crippen LogP contribution in [0.15, 0.2) is 48.6 Å². The molecule has 0 saturated carbocycles. The lowest BCUT2D eigenvalue weighted by Crippen LogP contribution is -2.45. The molecule has 0 aromatic carbocycles. The summed E-state index contributed by atoms with van der Waals surface area (Å²) in [6.45, 7) is 4.93. The predicted molar refractivity (Wildman–Crippen MR) is 379 cm³/mol. The van der Waals surface area contributed by atoms with Crippen LogP contribution in [0.4, 0.5) is 0 Å². The SMILES string of the molecule is CCCCCCCCC/C=C\CCCCCCCCCC(=O)OCCCCCCCCCCCCC/C=C\C/C=C\CCCCCCCCCCCCCCCCCCCC(=O)NC(CO)C(O)/C=C/CCCCCCCCCCCCCCCC. The van der Waals surface area contributed by atoms with Crippen molar-refractivity contribution < 1.29 is 24.5 Å². The topological polar surface area (TPSA) is 95.9 Å². The first-order chi connectivity index (χ1) is 42.5. The van der Waals surface area contributed by atoms with Crippen molar-refractivity contribution in [3.63, 3.8) is 0 Å². The van der Waals surface area contributed by atoms with Crippen LogP contribution in [0.1, 0.15) is 425 Å². The summed E-state index contributed by atoms with van der Waals surface area (Å²) in [6.07, 6.45) is 99.4. The van der Waals surface area contributed by atoms with Crippen molar-refractivity contribution in [2.45, 2.75) is 437 Å². The fourth-order valence-corrected chi connectivity index (χ4v) is 12.1. The molecule has 0 aromatic heterocycles. The largest absolute Gasteiger partial charge is 0.466 e. The molecule has 6 nitrogen and oxygen atoms in total. The number of aliphatic hydroxyl groups excluding tert-OH is 2. The zero-order valence-electron chi connectivity index (χ0n) is 58.1. The Balaban J connectivity index is 3.38. The number of amides is 1. The second-order valence-electron chi connectivity index (χ2n) is 26.7. The molecule has 0 aliphatic rings. The van der Waals surface area contributed by atoms with E-state index in [-0.39, 0.29) is 18.5 Å². The number of hydrogen-bond acceptors (Lipinski definition) is 5. The highest BCUT2D eigenvalue weighted by Crippen LogP contribution is 2.19. The molecule has 3 N–H and O–H groups in total. The van der Waals surface area contributed by atoms with Crippen LogP contribution >= 0.6 is 0 Å². The summed E-state index contributed by atoms with van der Waals surface area (Å²) in [5.74, 6) is -0.0490. The van der Waals surface area contributed by atoms with Crippen molar-refractivity contribution in [1.29, 1.82) is 0 Å². The molecule has 0 bridgehead atoms. The summed E-state index contributed by atoms with van der Waals surface area (Å²) in [4.78, 5) is 24.6. The van der Waals surface area contributed by atoms with Gasteiger partial charge in [-0.05, 0) is 89.9 Å². The molecular weight excluding hydrogens is 1050 g/mol. The number of esters is 1. The zero-order valence-corrected chi connectivity index (χ0v) is 58.1. The Bertz CT molecular complexity index is 1440. The standard InChI is InChI=1S/C80H151NO5/c1-3-5-7-9-11-13-15-17-19-21-42-46-50-54-58-62-66-70-74-80(85)86-75-71-67-63-59-55-51-47-43-40-38-36-34-32-30-28-26-24-22-23-25-27-29-31-33-35-37-39-41-45-49-53-57-61-65-69-73-79(84)81-77(76-82)78(83)72-68-64-60-56-52-48-44-20-18-16-14-12-10-8-6-4-2/h19,21,24,26,30,32,68,72,77-78,82-83H,3-18,20,22-23,25,27-29,31,33-67,69-71,73-76H2,1-2H3,(H,81,84)/b21-19-,26-24-,32-30-,72-68+. The number of hydrogen-bond donors (Lipinski definition) is 3. The third-order valence-corrected chi connectivity index (χ3v) is 18.1. The van der Waals surface area contributed by atoms with E-state index in [1.54, 1.807) is 6.08 Å². The van der Waals surface area contributed by atoms with Crippen LogP contribution in [0, 0.1) is 0 Å². The maximum Gasteiger partial charge on any atom is 0.305 e. The van der Waals surface area contributed by atoms with Gasteiger partial charge in [0, 0.05) is 12.8 Å². The molecule has 0 spiro atoms. The van der Waals surface area contributed by atoms with Gasteiger partial charge in [-0.3, -0.25) is 9.59 Å². The molecule has 0 aliphatic heterocycles. The lowest BCUT2D eigenvalue weighted by molar-refractivity contribution is -0.143. The third-order valence-electron chi connectivity index (χ3n) is 18.1. The minimum atomic E-state index is -0.843. The lowest BCUT2D eigenvalue weighted by atomic mass is 10.0. The van der Waals surface area contributed by atoms with E-state index in [1.165, 1.54) is 347 Å². The Hall–Kier alpha value is -2.18. The zero-order chi connectivity index (χ0) is 62.0. The summed E-state index contributed by atoms with van der Waals surface area (Å²) < 4.78 is 5.51. The molecule has 2 unspecified atom stereocenters. The Labute approximate surface area is 537 Å². The predicted octanol–water partition coefficient (Wildman–Crippen LogP) is 25.6. The lowest BCUT2D eigenvalue weighted by Gasteiger charge is -2.20. The minimum Gasteiger partial charge on any atom is -0.466 e. The number of nitrogens with one attached hydrogen (secondary N) is 1. The quantitative estimate of drug-likeness (QED) is 0.0320. The first kappa shape index (κ1) is 83.8. The van der Waals surface area contributed by atoms with Gasteiger partial charge in [0.2, 0.25) is 5.91 Å². The van der Waals surface area contributed by atoms with Gasteiger partial charge in [0.15, 0.2) is 0 Å². The molecule has 0 radical (unpaired) electrons. The van der Waals surface area contributed by atoms with Crippen molar-refractivity contribution in [3.05, 3.63) is 48.6 Å². The van der Waals surface area contributed by atoms with Crippen molar-refractivity contribution in [2.75, 3.05) is 13.2 Å². The molecule has 1 amide bonds. The summed E-state index contributed by atoms with van der Waals surface area (Å²) in [5, 5.41) is 23.2. The average Bonchev–Trinajstić information content (AvgIpc) is 3.60. The Morgan fingerprint density at radius 1 is 0.326 bits per heavy atom. The summed E-state index contributed by atoms with van der Waals surface area (Å²) in [5.41, 5.74) is 0. The summed E-state index contributed by atoms with van der Waals surface area (Å²) >= 11 is 0. The Morgan fingerprint density at radius 3 is 0.895 bits per heavy atom. The molecule has 6 heteroatoms. The molecule has 2 atom stereocenters. The monoisotopic (exact) mass is 1210 g/mol. The van der Waals surface area contributed by atoms with E-state index in [2.05, 4.69) is 55.6 Å². The molecule has 0 aromatic rings. The van der Waals surface area contributed by atoms with Crippen LogP contribution in [0.5, 0.6) is 0 Å². The van der Waals surface area contributed by atoms with Gasteiger partial charge in [-0.1, -0.05) is 371 Å². The minimum absolute atomic E-state index is 0.0141. The van der Waals surface area contributed by atoms with Crippen molar-refractivity contribution in [1.82, 2.24) is 5.32 Å². The van der Waals surface area contributed by atoms with Gasteiger partial charge in [0.05, 0.1) is 25.4 Å². The molecule has 86 heavy (non-hydrogen) atoms. The molecule has 0 heterocycles. The number of carbonyl (C=O) groups is 2. The van der Waals surface area contributed by atoms with E-state index in [4.69, 9.17) is 4.74 Å². The smallest absolute Gasteiger partial charge is 0.305 e. The first-order valence-electron chi connectivity index (χ1n) is 38.9. The highest BCUT2D eigenvalue weighted by atomic mass is 16.5. The number of rotatable bonds is 73. The van der Waals surface area contributed by atoms with Crippen LogP contribution in [0.3, 0.4) is 0 Å². The second kappa shape index (κ2) is 75.3. The number of allylic oxidation sites excluding steroid dienone is 7. The molecular formula is C80H151NO5. The Morgan fingerprint density at radius 2 is 0.581 bits per heavy atom. The van der Waals surface area contributed by atoms with Crippen LogP contribution < -0.4 is 5.32 Å². The van der Waals surface area contributed by atoms with E-state index in [0.29, 0.717) is 19.4 Å². The molecule has 506 valence electrons. The van der Waals surface area contributed by atoms with Crippen LogP contribution in [0.25, 0.3) is 0 Å². The summed E-state index contributed by atoms with van der Waals surface area (Å²) in [7, 11) is 0. The maximum absolute atomic E-state index is 12.5. The highest BCUT2D eigenvalue weighted by Gasteiger charge is 2.18. The van der Waals surface area contributed by atoms with Gasteiger partial charge in [0.1, 0.15) is 0 Å². The van der Waals surface area contributed by atoms with Gasteiger partial charge < -0.3 is 20.3 Å². The van der Waals surface area contributed by atoms with E-state index in [1.807, 2.05) is 6.08 Å². The van der Waals surface area contributed by atoms with Gasteiger partial charge in [-0.2, -0.15) is 0 Å². The Kier molecular flexibility index (Phi) is 73.4. The third kappa shape index (κ3) is 70.9. The molecule has 0 aliphatic carbocycles. The molecule has 0 saturated heterocycles. The van der Waals surface area contributed by atoms with E-state index in [9.17, 15) is 19.8 Å². The van der Waals surface area contributed by atoms with Gasteiger partial charge in [-0.25, -0.2) is 0 Å². The van der Waals surface area contributed by atoms with Crippen molar-refractivity contribution in [2.24, 2.45) is 0 Å². The first-order valence-corrected chi connectivity index (χ1v) is 38.9. The van der Waals surface area contributed by atoms with Gasteiger partial charge >= 0.3 is 5.97 Å². The summed E-state index contributed by atoms with van der Waals surface area (Å²) in [6, 6.07) is -0.627. The van der Waals surface area contributed by atoms with Crippen LogP contribution in [-0.2, 0) is 14.3 Å². The molecule has 0 rings (SSSR count). The number of ether oxygens (including phenoxy) is 1. The number of aliphatic hydroxyl groups is 2. The highest BCUT2D eigenvalue weighted by molar-refractivity contribution is 5.76. The van der Waals surface area contributed by atoms with Gasteiger partial charge in [-0.15, -0.1) is 0 Å². The number of carbonyl (C=O) groups excluding carboxylic acids is 2. The average molecular weight is 1210 g/mol. The second-order valence-corrected chi connectivity index (χ2v) is 26.7. The van der Waals surface area contributed by atoms with E-state index in [0.717, 1.165) is 51.4 Å². The van der Waals surface area contributed by atoms with Crippen LogP contribution in [-0.4, -0.2) is 47.4 Å².